The zero-order chi connectivity index (χ0) is 12.9. The zero-order valence-corrected chi connectivity index (χ0v) is 11.5. The minimum absolute atomic E-state index is 0.122. The van der Waals surface area contributed by atoms with E-state index in [1.807, 2.05) is 13.1 Å². The monoisotopic (exact) mass is 260 g/mol. The molecule has 5 heteroatoms. The predicted octanol–water partition coefficient (Wildman–Crippen LogP) is 2.05. The van der Waals surface area contributed by atoms with Gasteiger partial charge in [0.05, 0.1) is 10.6 Å². The van der Waals surface area contributed by atoms with Gasteiger partial charge in [-0.25, -0.2) is 8.42 Å². The van der Waals surface area contributed by atoms with Crippen molar-refractivity contribution in [2.45, 2.75) is 30.5 Å². The summed E-state index contributed by atoms with van der Waals surface area (Å²) in [6.45, 7) is 3.82. The quantitative estimate of drug-likeness (QED) is 0.796. The van der Waals surface area contributed by atoms with Crippen LogP contribution in [-0.2, 0) is 9.84 Å². The number of sulfone groups is 1. The number of rotatable bonds is 6. The van der Waals surface area contributed by atoms with Crippen molar-refractivity contribution in [2.75, 3.05) is 5.75 Å². The van der Waals surface area contributed by atoms with Crippen LogP contribution >= 0.6 is 0 Å². The Labute approximate surface area is 99.7 Å². The van der Waals surface area contributed by atoms with Crippen LogP contribution in [0.15, 0.2) is 35.2 Å². The maximum absolute atomic E-state index is 11.9. The van der Waals surface area contributed by atoms with Crippen LogP contribution in [-0.4, -0.2) is 28.7 Å². The molecule has 3 nitrogen and oxygen atoms in total. The van der Waals surface area contributed by atoms with Gasteiger partial charge in [-0.3, -0.25) is 0 Å². The summed E-state index contributed by atoms with van der Waals surface area (Å²) >= 11 is 0. The molecular weight excluding hydrogens is 240 g/mol. The molecule has 0 heterocycles. The van der Waals surface area contributed by atoms with E-state index in [1.54, 1.807) is 30.3 Å². The zero-order valence-electron chi connectivity index (χ0n) is 10.6. The summed E-state index contributed by atoms with van der Waals surface area (Å²) in [5, 5.41) is 0. The molecule has 1 aromatic rings. The van der Waals surface area contributed by atoms with E-state index in [4.69, 9.17) is 1.43 Å². The van der Waals surface area contributed by atoms with Crippen molar-refractivity contribution in [1.82, 2.24) is 0 Å². The standard InChI is InChI=1S/C11H18O3SSi/c1-16(2,14)10-6-9-15(12,13)11-7-4-3-5-8-11/h3-5,7-8,14H,6,9-10H2,1-2H3/i14T. The van der Waals surface area contributed by atoms with Gasteiger partial charge in [-0.15, -0.1) is 0 Å². The van der Waals surface area contributed by atoms with Crippen LogP contribution in [0.2, 0.25) is 19.1 Å². The molecule has 0 amide bonds. The highest BCUT2D eigenvalue weighted by Crippen LogP contribution is 2.14. The molecule has 0 unspecified atom stereocenters. The van der Waals surface area contributed by atoms with E-state index in [-0.39, 0.29) is 5.75 Å². The number of benzene rings is 1. The molecule has 1 aromatic carbocycles. The highest BCUT2D eigenvalue weighted by Gasteiger charge is 2.19. The third-order valence-corrected chi connectivity index (χ3v) is 5.67. The van der Waals surface area contributed by atoms with Gasteiger partial charge in [0.25, 0.3) is 0 Å². The minimum atomic E-state index is -3.19. The largest absolute Gasteiger partial charge is 0.432 e. The maximum Gasteiger partial charge on any atom is 0.193 e. The van der Waals surface area contributed by atoms with Crippen LogP contribution < -0.4 is 0 Å². The van der Waals surface area contributed by atoms with Crippen molar-refractivity contribution < 1.29 is 13.2 Å². The molecule has 0 aliphatic rings. The van der Waals surface area contributed by atoms with Crippen molar-refractivity contribution >= 4 is 18.2 Å². The SMILES string of the molecule is [3H]O[Si](C)(C)CCCS(=O)(=O)c1ccccc1. The molecule has 0 aliphatic heterocycles. The second kappa shape index (κ2) is 5.12. The van der Waals surface area contributed by atoms with Crippen LogP contribution in [0.1, 0.15) is 6.42 Å². The van der Waals surface area contributed by atoms with Crippen molar-refractivity contribution in [1.29, 1.82) is 1.43 Å². The first-order valence-electron chi connectivity index (χ1n) is 5.70. The predicted molar refractivity (Wildman–Crippen MR) is 67.6 cm³/mol. The fourth-order valence-electron chi connectivity index (χ4n) is 1.43. The summed E-state index contributed by atoms with van der Waals surface area (Å²) in [5.41, 5.74) is 0. The fourth-order valence-corrected chi connectivity index (χ4v) is 4.05. The molecule has 0 radical (unpaired) electrons. The molecular formula is C11H18O3SSi. The summed E-state index contributed by atoms with van der Waals surface area (Å²) in [5.74, 6) is 0.122. The molecule has 90 valence electrons. The van der Waals surface area contributed by atoms with Gasteiger partial charge in [0.2, 0.25) is 0 Å². The smallest absolute Gasteiger partial charge is 0.193 e. The molecule has 0 spiro atoms. The van der Waals surface area contributed by atoms with Gasteiger partial charge in [-0.1, -0.05) is 18.2 Å². The van der Waals surface area contributed by atoms with E-state index in [0.29, 0.717) is 17.4 Å². The summed E-state index contributed by atoms with van der Waals surface area (Å²) < 4.78 is 30.8. The van der Waals surface area contributed by atoms with Gasteiger partial charge >= 0.3 is 0 Å². The number of hydrogen-bond acceptors (Lipinski definition) is 3. The Morgan fingerprint density at radius 1 is 1.31 bits per heavy atom. The van der Waals surface area contributed by atoms with E-state index in [2.05, 4.69) is 4.80 Å². The van der Waals surface area contributed by atoms with E-state index in [9.17, 15) is 8.42 Å². The molecule has 0 aliphatic carbocycles. The van der Waals surface area contributed by atoms with Crippen LogP contribution in [0, 0.1) is 0 Å². The Morgan fingerprint density at radius 3 is 2.50 bits per heavy atom. The Kier molecular flexibility index (Phi) is 3.78. The third-order valence-electron chi connectivity index (χ3n) is 2.29. The lowest BCUT2D eigenvalue weighted by molar-refractivity contribution is 0.545. The lowest BCUT2D eigenvalue weighted by Crippen LogP contribution is -2.25. The third kappa shape index (κ3) is 4.47. The van der Waals surface area contributed by atoms with Crippen molar-refractivity contribution in [3.8, 4) is 0 Å². The molecule has 1 rings (SSSR count). The molecule has 0 saturated carbocycles. The highest BCUT2D eigenvalue weighted by molar-refractivity contribution is 7.91. The van der Waals surface area contributed by atoms with Crippen LogP contribution in [0.4, 0.5) is 0 Å². The maximum atomic E-state index is 11.9. The Morgan fingerprint density at radius 2 is 1.94 bits per heavy atom. The first-order chi connectivity index (χ1) is 7.87. The van der Waals surface area contributed by atoms with Gasteiger partial charge in [0.15, 0.2) is 19.6 Å². The first kappa shape index (κ1) is 11.8. The topological polar surface area (TPSA) is 54.4 Å². The molecule has 0 aromatic heterocycles. The molecule has 0 bridgehead atoms. The highest BCUT2D eigenvalue weighted by atomic mass is 32.2. The van der Waals surface area contributed by atoms with E-state index >= 15 is 0 Å². The van der Waals surface area contributed by atoms with E-state index < -0.39 is 18.2 Å². The van der Waals surface area contributed by atoms with Crippen LogP contribution in [0.25, 0.3) is 0 Å². The molecule has 1 N–H and O–H groups in total. The second-order valence-electron chi connectivity index (χ2n) is 4.50. The van der Waals surface area contributed by atoms with E-state index in [1.165, 1.54) is 0 Å². The van der Waals surface area contributed by atoms with Gasteiger partial charge in [0, 0.05) is 0 Å². The van der Waals surface area contributed by atoms with Gasteiger partial charge in [-0.05, 0) is 37.7 Å². The molecule has 0 fully saturated rings. The van der Waals surface area contributed by atoms with Gasteiger partial charge < -0.3 is 4.80 Å². The van der Waals surface area contributed by atoms with Crippen molar-refractivity contribution in [2.24, 2.45) is 0 Å². The fraction of sp³-hybridized carbons (Fsp3) is 0.455. The summed E-state index contributed by atoms with van der Waals surface area (Å²) in [4.78, 5) is 5.02. The summed E-state index contributed by atoms with van der Waals surface area (Å²) in [6.07, 6.45) is 0.551. The Bertz CT molecular complexity index is 445. The number of hydrogen-bond donors (Lipinski definition) is 1. The first-order valence-corrected chi connectivity index (χ1v) is 10.1. The second-order valence-corrected chi connectivity index (χ2v) is 10.6. The van der Waals surface area contributed by atoms with Crippen molar-refractivity contribution in [3.05, 3.63) is 30.3 Å². The van der Waals surface area contributed by atoms with Gasteiger partial charge in [-0.2, -0.15) is 0 Å². The Balaban J connectivity index is 2.58. The van der Waals surface area contributed by atoms with Crippen molar-refractivity contribution in [3.63, 3.8) is 0 Å². The molecule has 16 heavy (non-hydrogen) atoms. The lowest BCUT2D eigenvalue weighted by atomic mass is 10.4. The minimum Gasteiger partial charge on any atom is -0.432 e. The molecule has 0 atom stereocenters. The summed E-state index contributed by atoms with van der Waals surface area (Å²) in [6, 6.07) is 9.14. The average molecular weight is 260 g/mol. The van der Waals surface area contributed by atoms with Gasteiger partial charge in [0.1, 0.15) is 0 Å². The normalized spacial score (nSPS) is 13.5. The Hall–Kier alpha value is -0.653. The van der Waals surface area contributed by atoms with Crippen LogP contribution in [0.3, 0.4) is 0 Å². The van der Waals surface area contributed by atoms with Crippen LogP contribution in [0.5, 0.6) is 0 Å². The molecule has 0 saturated heterocycles. The lowest BCUT2D eigenvalue weighted by Gasteiger charge is -2.13. The van der Waals surface area contributed by atoms with E-state index in [0.717, 1.165) is 0 Å². The average Bonchev–Trinajstić information content (AvgIpc) is 2.30. The summed E-state index contributed by atoms with van der Waals surface area (Å²) in [7, 11) is -5.16.